The molecule has 3 aliphatic rings. The molecule has 2 fully saturated rings. The molecule has 1 saturated carbocycles. The lowest BCUT2D eigenvalue weighted by atomic mass is 9.72. The third kappa shape index (κ3) is 1.53. The molecule has 1 aliphatic carbocycles. The van der Waals surface area contributed by atoms with Crippen LogP contribution >= 0.6 is 0 Å². The van der Waals surface area contributed by atoms with Crippen LogP contribution in [0.2, 0.25) is 0 Å². The van der Waals surface area contributed by atoms with Crippen LogP contribution in [-0.2, 0) is 4.79 Å². The summed E-state index contributed by atoms with van der Waals surface area (Å²) in [5.74, 6) is 0.777. The minimum Gasteiger partial charge on any atom is -0.394 e. The lowest BCUT2D eigenvalue weighted by Gasteiger charge is -2.57. The fourth-order valence-corrected chi connectivity index (χ4v) is 3.62. The van der Waals surface area contributed by atoms with Crippen LogP contribution < -0.4 is 5.32 Å². The van der Waals surface area contributed by atoms with Crippen LogP contribution in [-0.4, -0.2) is 41.1 Å². The van der Waals surface area contributed by atoms with Gasteiger partial charge in [-0.25, -0.2) is 0 Å². The number of amides is 1. The fourth-order valence-electron chi connectivity index (χ4n) is 3.62. The standard InChI is InChI=1S/C15H18N2O2/c18-8-13-14-10-3-1-2-4-11(10)16-7-12(14)17(13)15(19)9-5-6-9/h1-4,9,12-14,16,18H,5-8H2/t12-,13+,14+/m0/s1. The van der Waals surface area contributed by atoms with Gasteiger partial charge in [0.15, 0.2) is 0 Å². The molecule has 0 spiro atoms. The minimum atomic E-state index is -0.0265. The Kier molecular flexibility index (Phi) is 2.36. The SMILES string of the molecule is O=C(C1CC1)N1[C@H](CO)[C@@H]2c3ccccc3NC[C@@H]21. The van der Waals surface area contributed by atoms with Gasteiger partial charge in [-0.05, 0) is 24.5 Å². The molecule has 1 amide bonds. The Hall–Kier alpha value is -1.55. The van der Waals surface area contributed by atoms with Crippen molar-refractivity contribution >= 4 is 11.6 Å². The van der Waals surface area contributed by atoms with Crippen LogP contribution in [0.1, 0.15) is 24.3 Å². The highest BCUT2D eigenvalue weighted by Gasteiger charge is 2.55. The summed E-state index contributed by atoms with van der Waals surface area (Å²) in [6.45, 7) is 0.866. The van der Waals surface area contributed by atoms with Crippen LogP contribution in [0.5, 0.6) is 0 Å². The highest BCUT2D eigenvalue weighted by Crippen LogP contribution is 2.48. The van der Waals surface area contributed by atoms with Gasteiger partial charge in [0.2, 0.25) is 5.91 Å². The molecule has 2 N–H and O–H groups in total. The fraction of sp³-hybridized carbons (Fsp3) is 0.533. The highest BCUT2D eigenvalue weighted by molar-refractivity contribution is 5.83. The summed E-state index contributed by atoms with van der Waals surface area (Å²) in [6, 6.07) is 8.43. The predicted molar refractivity (Wildman–Crippen MR) is 71.9 cm³/mol. The summed E-state index contributed by atoms with van der Waals surface area (Å²) in [6.07, 6.45) is 2.05. The molecular formula is C15H18N2O2. The van der Waals surface area contributed by atoms with E-state index in [-0.39, 0.29) is 30.5 Å². The van der Waals surface area contributed by atoms with E-state index in [1.165, 1.54) is 5.56 Å². The van der Waals surface area contributed by atoms with Crippen molar-refractivity contribution in [1.29, 1.82) is 0 Å². The number of nitrogens with zero attached hydrogens (tertiary/aromatic N) is 1. The van der Waals surface area contributed by atoms with Crippen molar-refractivity contribution < 1.29 is 9.90 Å². The Morgan fingerprint density at radius 1 is 1.37 bits per heavy atom. The van der Waals surface area contributed by atoms with Gasteiger partial charge in [0.1, 0.15) is 0 Å². The number of carbonyl (C=O) groups is 1. The maximum Gasteiger partial charge on any atom is 0.226 e. The number of carbonyl (C=O) groups excluding carboxylic acids is 1. The van der Waals surface area contributed by atoms with Crippen molar-refractivity contribution in [2.75, 3.05) is 18.5 Å². The largest absolute Gasteiger partial charge is 0.394 e. The maximum atomic E-state index is 12.3. The number of benzene rings is 1. The zero-order valence-electron chi connectivity index (χ0n) is 10.7. The topological polar surface area (TPSA) is 52.6 Å². The summed E-state index contributed by atoms with van der Waals surface area (Å²) in [5, 5.41) is 13.1. The normalized spacial score (nSPS) is 31.8. The van der Waals surface area contributed by atoms with Crippen molar-refractivity contribution in [3.63, 3.8) is 0 Å². The van der Waals surface area contributed by atoms with Crippen LogP contribution in [0.15, 0.2) is 24.3 Å². The quantitative estimate of drug-likeness (QED) is 0.837. The van der Waals surface area contributed by atoms with E-state index in [1.807, 2.05) is 17.0 Å². The molecule has 4 nitrogen and oxygen atoms in total. The molecule has 4 heteroatoms. The Labute approximate surface area is 112 Å². The average molecular weight is 258 g/mol. The van der Waals surface area contributed by atoms with Crippen molar-refractivity contribution in [2.24, 2.45) is 5.92 Å². The van der Waals surface area contributed by atoms with Gasteiger partial charge in [-0.3, -0.25) is 4.79 Å². The lowest BCUT2D eigenvalue weighted by Crippen LogP contribution is -2.69. The minimum absolute atomic E-state index is 0.0265. The van der Waals surface area contributed by atoms with Crippen molar-refractivity contribution in [2.45, 2.75) is 30.8 Å². The van der Waals surface area contributed by atoms with E-state index < -0.39 is 0 Å². The summed E-state index contributed by atoms with van der Waals surface area (Å²) in [4.78, 5) is 14.2. The summed E-state index contributed by atoms with van der Waals surface area (Å²) in [7, 11) is 0. The zero-order chi connectivity index (χ0) is 13.0. The van der Waals surface area contributed by atoms with Gasteiger partial charge < -0.3 is 15.3 Å². The molecule has 100 valence electrons. The first-order chi connectivity index (χ1) is 9.31. The maximum absolute atomic E-state index is 12.3. The van der Waals surface area contributed by atoms with E-state index >= 15 is 0 Å². The van der Waals surface area contributed by atoms with Crippen molar-refractivity contribution in [3.8, 4) is 0 Å². The predicted octanol–water partition coefficient (Wildman–Crippen LogP) is 1.18. The molecule has 2 aliphatic heterocycles. The second kappa shape index (κ2) is 3.97. The first-order valence-corrected chi connectivity index (χ1v) is 7.07. The smallest absolute Gasteiger partial charge is 0.226 e. The van der Waals surface area contributed by atoms with Crippen LogP contribution in [0.4, 0.5) is 5.69 Å². The number of rotatable bonds is 2. The molecule has 4 rings (SSSR count). The van der Waals surface area contributed by atoms with Gasteiger partial charge in [0.25, 0.3) is 0 Å². The number of hydrogen-bond donors (Lipinski definition) is 2. The third-order valence-corrected chi connectivity index (χ3v) is 4.73. The molecule has 19 heavy (non-hydrogen) atoms. The van der Waals surface area contributed by atoms with Gasteiger partial charge in [0, 0.05) is 24.1 Å². The number of hydrogen-bond acceptors (Lipinski definition) is 3. The van der Waals surface area contributed by atoms with Crippen molar-refractivity contribution in [3.05, 3.63) is 29.8 Å². The number of aliphatic hydroxyl groups is 1. The molecule has 0 radical (unpaired) electrons. The Morgan fingerprint density at radius 3 is 2.89 bits per heavy atom. The van der Waals surface area contributed by atoms with E-state index in [0.29, 0.717) is 5.92 Å². The lowest BCUT2D eigenvalue weighted by molar-refractivity contribution is -0.151. The first-order valence-electron chi connectivity index (χ1n) is 7.07. The van der Waals surface area contributed by atoms with Crippen LogP contribution in [0.3, 0.4) is 0 Å². The molecule has 3 atom stereocenters. The number of aliphatic hydroxyl groups excluding tert-OH is 1. The number of para-hydroxylation sites is 1. The summed E-state index contributed by atoms with van der Waals surface area (Å²) >= 11 is 0. The van der Waals surface area contributed by atoms with E-state index in [2.05, 4.69) is 17.4 Å². The molecular weight excluding hydrogens is 240 g/mol. The summed E-state index contributed by atoms with van der Waals surface area (Å²) in [5.41, 5.74) is 2.40. The van der Waals surface area contributed by atoms with E-state index in [1.54, 1.807) is 0 Å². The first kappa shape index (κ1) is 11.3. The van der Waals surface area contributed by atoms with Gasteiger partial charge >= 0.3 is 0 Å². The number of nitrogens with one attached hydrogen (secondary N) is 1. The van der Waals surface area contributed by atoms with Gasteiger partial charge in [-0.2, -0.15) is 0 Å². The monoisotopic (exact) mass is 258 g/mol. The molecule has 1 saturated heterocycles. The third-order valence-electron chi connectivity index (χ3n) is 4.73. The van der Waals surface area contributed by atoms with Crippen LogP contribution in [0.25, 0.3) is 0 Å². The average Bonchev–Trinajstić information content (AvgIpc) is 3.23. The Balaban J connectivity index is 1.66. The van der Waals surface area contributed by atoms with Gasteiger partial charge in [-0.1, -0.05) is 18.2 Å². The zero-order valence-corrected chi connectivity index (χ0v) is 10.7. The molecule has 1 aromatic carbocycles. The second-order valence-electron chi connectivity index (χ2n) is 5.83. The Bertz CT molecular complexity index is 527. The van der Waals surface area contributed by atoms with E-state index in [9.17, 15) is 9.90 Å². The van der Waals surface area contributed by atoms with Crippen LogP contribution in [0, 0.1) is 5.92 Å². The van der Waals surface area contributed by atoms with Gasteiger partial charge in [0.05, 0.1) is 18.7 Å². The highest BCUT2D eigenvalue weighted by atomic mass is 16.3. The van der Waals surface area contributed by atoms with Crippen molar-refractivity contribution in [1.82, 2.24) is 4.90 Å². The molecule has 0 unspecified atom stereocenters. The number of anilines is 1. The molecule has 0 bridgehead atoms. The van der Waals surface area contributed by atoms with Gasteiger partial charge in [-0.15, -0.1) is 0 Å². The van der Waals surface area contributed by atoms with E-state index in [0.717, 1.165) is 25.1 Å². The Morgan fingerprint density at radius 2 is 2.16 bits per heavy atom. The second-order valence-corrected chi connectivity index (χ2v) is 5.83. The summed E-state index contributed by atoms with van der Waals surface area (Å²) < 4.78 is 0. The van der Waals surface area contributed by atoms with E-state index in [4.69, 9.17) is 0 Å². The molecule has 2 heterocycles. The number of likely N-dealkylation sites (tertiary alicyclic amines) is 1. The molecule has 1 aromatic rings. The molecule has 0 aromatic heterocycles. The number of fused-ring (bicyclic) bond motifs is 3.